The van der Waals surface area contributed by atoms with E-state index in [1.165, 1.54) is 18.2 Å². The standard InChI is InChI=1S/C16H11Cl2F3N2O2/c17-8-5-10(13(24)11(18)6-8)14-22-12-4-2-1-3-9(12)15(25)23(14)7-16(19,20)21/h1-6,14,22,24H,7H2/t14-/m0/s1. The van der Waals surface area contributed by atoms with Crippen molar-refractivity contribution in [1.29, 1.82) is 0 Å². The van der Waals surface area contributed by atoms with Crippen LogP contribution in [0.25, 0.3) is 0 Å². The summed E-state index contributed by atoms with van der Waals surface area (Å²) in [7, 11) is 0. The van der Waals surface area contributed by atoms with Crippen LogP contribution in [0.5, 0.6) is 5.75 Å². The summed E-state index contributed by atoms with van der Waals surface area (Å²) in [6, 6.07) is 8.71. The monoisotopic (exact) mass is 390 g/mol. The van der Waals surface area contributed by atoms with Crippen LogP contribution in [0, 0.1) is 0 Å². The number of halogens is 5. The van der Waals surface area contributed by atoms with Gasteiger partial charge in [0.25, 0.3) is 5.91 Å². The summed E-state index contributed by atoms with van der Waals surface area (Å²) in [6.45, 7) is -1.50. The van der Waals surface area contributed by atoms with Crippen molar-refractivity contribution in [3.63, 3.8) is 0 Å². The van der Waals surface area contributed by atoms with Crippen LogP contribution < -0.4 is 5.32 Å². The summed E-state index contributed by atoms with van der Waals surface area (Å²) in [5.74, 6) is -1.25. The van der Waals surface area contributed by atoms with Crippen LogP contribution in [-0.2, 0) is 0 Å². The van der Waals surface area contributed by atoms with Crippen LogP contribution in [0.15, 0.2) is 36.4 Å². The van der Waals surface area contributed by atoms with Crippen LogP contribution in [0.4, 0.5) is 18.9 Å². The second kappa shape index (κ2) is 6.31. The number of carbonyl (C=O) groups is 1. The smallest absolute Gasteiger partial charge is 0.406 e. The number of phenols is 1. The van der Waals surface area contributed by atoms with Gasteiger partial charge in [0.2, 0.25) is 0 Å². The molecule has 9 heteroatoms. The van der Waals surface area contributed by atoms with Crippen LogP contribution in [0.1, 0.15) is 22.1 Å². The van der Waals surface area contributed by atoms with Gasteiger partial charge in [-0.1, -0.05) is 35.3 Å². The zero-order chi connectivity index (χ0) is 18.4. The van der Waals surface area contributed by atoms with Gasteiger partial charge in [-0.25, -0.2) is 0 Å². The van der Waals surface area contributed by atoms with Crippen molar-refractivity contribution >= 4 is 34.8 Å². The number of hydrogen-bond acceptors (Lipinski definition) is 3. The number of benzene rings is 2. The Morgan fingerprint density at radius 2 is 1.88 bits per heavy atom. The highest BCUT2D eigenvalue weighted by molar-refractivity contribution is 6.35. The van der Waals surface area contributed by atoms with Crippen molar-refractivity contribution in [2.75, 3.05) is 11.9 Å². The van der Waals surface area contributed by atoms with E-state index in [2.05, 4.69) is 5.32 Å². The van der Waals surface area contributed by atoms with Gasteiger partial charge >= 0.3 is 6.18 Å². The van der Waals surface area contributed by atoms with E-state index in [1.54, 1.807) is 18.2 Å². The van der Waals surface area contributed by atoms with E-state index in [-0.39, 0.29) is 21.2 Å². The Balaban J connectivity index is 2.14. The number of nitrogens with one attached hydrogen (secondary N) is 1. The predicted octanol–water partition coefficient (Wildman–Crippen LogP) is 4.83. The highest BCUT2D eigenvalue weighted by Crippen LogP contribution is 2.41. The largest absolute Gasteiger partial charge is 0.506 e. The minimum atomic E-state index is -4.63. The van der Waals surface area contributed by atoms with Crippen molar-refractivity contribution < 1.29 is 23.1 Å². The third-order valence-electron chi connectivity index (χ3n) is 3.72. The molecular formula is C16H11Cl2F3N2O2. The summed E-state index contributed by atoms with van der Waals surface area (Å²) < 4.78 is 39.0. The Hall–Kier alpha value is -2.12. The summed E-state index contributed by atoms with van der Waals surface area (Å²) in [5.41, 5.74) is 0.437. The third kappa shape index (κ3) is 3.48. The second-order valence-corrected chi connectivity index (χ2v) is 6.31. The van der Waals surface area contributed by atoms with Gasteiger partial charge in [0.05, 0.1) is 10.6 Å². The second-order valence-electron chi connectivity index (χ2n) is 5.47. The molecule has 0 saturated heterocycles. The van der Waals surface area contributed by atoms with E-state index < -0.39 is 30.5 Å². The molecule has 1 atom stereocenters. The Labute approximate surface area is 150 Å². The first-order valence-corrected chi connectivity index (χ1v) is 7.84. The molecule has 1 aliphatic rings. The predicted molar refractivity (Wildman–Crippen MR) is 88.0 cm³/mol. The summed E-state index contributed by atoms with van der Waals surface area (Å²) in [6.07, 6.45) is -5.90. The molecule has 2 aromatic carbocycles. The van der Waals surface area contributed by atoms with Crippen LogP contribution >= 0.6 is 23.2 Å². The zero-order valence-corrected chi connectivity index (χ0v) is 14.0. The molecule has 2 N–H and O–H groups in total. The normalized spacial score (nSPS) is 17.2. The van der Waals surface area contributed by atoms with E-state index in [0.717, 1.165) is 0 Å². The quantitative estimate of drug-likeness (QED) is 0.772. The average molecular weight is 391 g/mol. The maximum atomic E-state index is 13.0. The first-order valence-electron chi connectivity index (χ1n) is 7.08. The number of anilines is 1. The molecule has 3 rings (SSSR count). The minimum absolute atomic E-state index is 0.0235. The van der Waals surface area contributed by atoms with E-state index >= 15 is 0 Å². The molecule has 4 nitrogen and oxygen atoms in total. The Morgan fingerprint density at radius 3 is 2.56 bits per heavy atom. The van der Waals surface area contributed by atoms with E-state index in [4.69, 9.17) is 23.2 Å². The van der Waals surface area contributed by atoms with Crippen LogP contribution in [0.3, 0.4) is 0 Å². The van der Waals surface area contributed by atoms with Gasteiger partial charge in [0, 0.05) is 16.3 Å². The molecule has 0 saturated carbocycles. The highest BCUT2D eigenvalue weighted by Gasteiger charge is 2.41. The van der Waals surface area contributed by atoms with Crippen molar-refractivity contribution in [2.24, 2.45) is 0 Å². The van der Waals surface area contributed by atoms with Crippen LogP contribution in [-0.4, -0.2) is 28.6 Å². The molecule has 1 amide bonds. The van der Waals surface area contributed by atoms with Gasteiger partial charge in [-0.05, 0) is 24.3 Å². The number of carbonyl (C=O) groups excluding carboxylic acids is 1. The van der Waals surface area contributed by atoms with Gasteiger partial charge in [0.1, 0.15) is 18.5 Å². The maximum absolute atomic E-state index is 13.0. The number of amides is 1. The molecule has 0 unspecified atom stereocenters. The lowest BCUT2D eigenvalue weighted by atomic mass is 10.0. The zero-order valence-electron chi connectivity index (χ0n) is 12.4. The number of hydrogen-bond donors (Lipinski definition) is 2. The van der Waals surface area contributed by atoms with E-state index in [1.807, 2.05) is 0 Å². The van der Waals surface area contributed by atoms with Gasteiger partial charge in [-0.2, -0.15) is 13.2 Å². The van der Waals surface area contributed by atoms with Gasteiger partial charge in [-0.15, -0.1) is 0 Å². The van der Waals surface area contributed by atoms with Crippen molar-refractivity contribution in [1.82, 2.24) is 4.90 Å². The van der Waals surface area contributed by atoms with E-state index in [9.17, 15) is 23.1 Å². The number of para-hydroxylation sites is 1. The molecule has 132 valence electrons. The minimum Gasteiger partial charge on any atom is -0.506 e. The lowest BCUT2D eigenvalue weighted by Gasteiger charge is -2.38. The summed E-state index contributed by atoms with van der Waals surface area (Å²) in [5, 5.41) is 13.0. The number of nitrogens with zero attached hydrogens (tertiary/aromatic N) is 1. The van der Waals surface area contributed by atoms with Gasteiger partial charge in [-0.3, -0.25) is 4.79 Å². The SMILES string of the molecule is O=C1c2ccccc2N[C@H](c2cc(Cl)cc(Cl)c2O)N1CC(F)(F)F. The molecular weight excluding hydrogens is 380 g/mol. The lowest BCUT2D eigenvalue weighted by Crippen LogP contribution is -2.47. The topological polar surface area (TPSA) is 52.6 Å². The molecule has 2 aromatic rings. The molecule has 0 bridgehead atoms. The third-order valence-corrected chi connectivity index (χ3v) is 4.23. The molecule has 0 spiro atoms. The summed E-state index contributed by atoms with van der Waals surface area (Å²) >= 11 is 11.8. The molecule has 0 aromatic heterocycles. The fourth-order valence-electron chi connectivity index (χ4n) is 2.69. The number of alkyl halides is 3. The van der Waals surface area contributed by atoms with Crippen LogP contribution in [0.2, 0.25) is 10.0 Å². The number of fused-ring (bicyclic) bond motifs is 1. The molecule has 0 aliphatic carbocycles. The molecule has 25 heavy (non-hydrogen) atoms. The number of phenolic OH excluding ortho intramolecular Hbond substituents is 1. The Kier molecular flexibility index (Phi) is 4.47. The molecule has 0 radical (unpaired) electrons. The summed E-state index contributed by atoms with van der Waals surface area (Å²) in [4.78, 5) is 13.2. The van der Waals surface area contributed by atoms with Crippen molar-refractivity contribution in [2.45, 2.75) is 12.3 Å². The Morgan fingerprint density at radius 1 is 1.20 bits per heavy atom. The van der Waals surface area contributed by atoms with Crippen molar-refractivity contribution in [3.05, 3.63) is 57.6 Å². The first kappa shape index (κ1) is 17.7. The first-order chi connectivity index (χ1) is 11.7. The molecule has 0 fully saturated rings. The lowest BCUT2D eigenvalue weighted by molar-refractivity contribution is -0.144. The molecule has 1 heterocycles. The maximum Gasteiger partial charge on any atom is 0.406 e. The molecule has 1 aliphatic heterocycles. The van der Waals surface area contributed by atoms with Crippen molar-refractivity contribution in [3.8, 4) is 5.75 Å². The van der Waals surface area contributed by atoms with Gasteiger partial charge < -0.3 is 15.3 Å². The Bertz CT molecular complexity index is 843. The highest BCUT2D eigenvalue weighted by atomic mass is 35.5. The fraction of sp³-hybridized carbons (Fsp3) is 0.188. The average Bonchev–Trinajstić information content (AvgIpc) is 2.52. The number of aromatic hydroxyl groups is 1. The fourth-order valence-corrected chi connectivity index (χ4v) is 3.20. The van der Waals surface area contributed by atoms with E-state index in [0.29, 0.717) is 10.6 Å². The number of rotatable bonds is 2. The van der Waals surface area contributed by atoms with Gasteiger partial charge in [0.15, 0.2) is 0 Å².